The van der Waals surface area contributed by atoms with Gasteiger partial charge in [0.15, 0.2) is 0 Å². The van der Waals surface area contributed by atoms with E-state index in [1.165, 1.54) is 4.88 Å². The highest BCUT2D eigenvalue weighted by atomic mass is 32.1. The average molecular weight is 238 g/mol. The van der Waals surface area contributed by atoms with Crippen LogP contribution < -0.4 is 5.32 Å². The summed E-state index contributed by atoms with van der Waals surface area (Å²) < 4.78 is 0. The summed E-state index contributed by atoms with van der Waals surface area (Å²) in [6, 6.07) is 4.14. The number of hydrogen-bond acceptors (Lipinski definition) is 2. The first-order chi connectivity index (χ1) is 7.75. The van der Waals surface area contributed by atoms with Crippen molar-refractivity contribution in [1.29, 1.82) is 0 Å². The maximum Gasteiger partial charge on any atom is 0.317 e. The van der Waals surface area contributed by atoms with Gasteiger partial charge in [-0.2, -0.15) is 0 Å². The third-order valence-corrected chi connectivity index (χ3v) is 3.94. The molecule has 1 saturated heterocycles. The molecule has 1 N–H and O–H groups in total. The van der Waals surface area contributed by atoms with Gasteiger partial charge in [-0.3, -0.25) is 0 Å². The van der Waals surface area contributed by atoms with E-state index in [9.17, 15) is 4.79 Å². The van der Waals surface area contributed by atoms with Gasteiger partial charge >= 0.3 is 6.03 Å². The van der Waals surface area contributed by atoms with Crippen LogP contribution in [0.25, 0.3) is 0 Å². The van der Waals surface area contributed by atoms with Crippen molar-refractivity contribution in [3.63, 3.8) is 0 Å². The Balaban J connectivity index is 1.75. The number of amides is 2. The van der Waals surface area contributed by atoms with Crippen LogP contribution in [0.3, 0.4) is 0 Å². The molecule has 0 aromatic carbocycles. The number of thiophene rings is 1. The first-order valence-corrected chi connectivity index (χ1v) is 6.69. The molecule has 1 aromatic heterocycles. The Morgan fingerprint density at radius 2 is 2.31 bits per heavy atom. The Kier molecular flexibility index (Phi) is 3.83. The van der Waals surface area contributed by atoms with E-state index in [-0.39, 0.29) is 6.03 Å². The minimum Gasteiger partial charge on any atom is -0.333 e. The maximum absolute atomic E-state index is 11.8. The van der Waals surface area contributed by atoms with Gasteiger partial charge in [0.1, 0.15) is 0 Å². The van der Waals surface area contributed by atoms with Crippen LogP contribution in [0.1, 0.15) is 24.6 Å². The average Bonchev–Trinajstić information content (AvgIpc) is 2.80. The van der Waals surface area contributed by atoms with E-state index in [2.05, 4.69) is 12.2 Å². The highest BCUT2D eigenvalue weighted by Crippen LogP contribution is 2.16. The van der Waals surface area contributed by atoms with Crippen molar-refractivity contribution < 1.29 is 4.79 Å². The summed E-state index contributed by atoms with van der Waals surface area (Å²) in [5.41, 5.74) is 0. The molecule has 1 aromatic rings. The van der Waals surface area contributed by atoms with Crippen LogP contribution in [-0.4, -0.2) is 24.0 Å². The predicted octanol–water partition coefficient (Wildman–Crippen LogP) is 2.69. The number of likely N-dealkylation sites (tertiary alicyclic amines) is 1. The van der Waals surface area contributed by atoms with Crippen molar-refractivity contribution in [2.75, 3.05) is 13.1 Å². The molecular formula is C12H18N2OS. The van der Waals surface area contributed by atoms with E-state index in [4.69, 9.17) is 0 Å². The Morgan fingerprint density at radius 3 is 2.94 bits per heavy atom. The molecule has 1 aliphatic rings. The smallest absolute Gasteiger partial charge is 0.317 e. The second-order valence-electron chi connectivity index (χ2n) is 4.41. The summed E-state index contributed by atoms with van der Waals surface area (Å²) >= 11 is 1.68. The second kappa shape index (κ2) is 5.34. The van der Waals surface area contributed by atoms with Crippen LogP contribution in [0, 0.1) is 5.92 Å². The predicted molar refractivity (Wildman–Crippen MR) is 66.5 cm³/mol. The minimum absolute atomic E-state index is 0.0836. The summed E-state index contributed by atoms with van der Waals surface area (Å²) in [4.78, 5) is 15.0. The lowest BCUT2D eigenvalue weighted by Gasteiger charge is -2.30. The molecule has 3 nitrogen and oxygen atoms in total. The Hall–Kier alpha value is -1.03. The zero-order valence-electron chi connectivity index (χ0n) is 9.61. The van der Waals surface area contributed by atoms with Crippen molar-refractivity contribution in [1.82, 2.24) is 10.2 Å². The quantitative estimate of drug-likeness (QED) is 0.844. The molecule has 2 amide bonds. The molecule has 0 unspecified atom stereocenters. The lowest BCUT2D eigenvalue weighted by Crippen LogP contribution is -2.43. The maximum atomic E-state index is 11.8. The van der Waals surface area contributed by atoms with Gasteiger partial charge in [0, 0.05) is 18.0 Å². The number of nitrogens with zero attached hydrogens (tertiary/aromatic N) is 1. The molecular weight excluding hydrogens is 220 g/mol. The Morgan fingerprint density at radius 1 is 1.56 bits per heavy atom. The van der Waals surface area contributed by atoms with Crippen molar-refractivity contribution in [2.24, 2.45) is 5.92 Å². The fraction of sp³-hybridized carbons (Fsp3) is 0.583. The van der Waals surface area contributed by atoms with Gasteiger partial charge in [-0.1, -0.05) is 13.0 Å². The van der Waals surface area contributed by atoms with Crippen LogP contribution in [0.5, 0.6) is 0 Å². The first kappa shape index (κ1) is 11.5. The highest BCUT2D eigenvalue weighted by Gasteiger charge is 2.19. The number of nitrogens with one attached hydrogen (secondary N) is 1. The summed E-state index contributed by atoms with van der Waals surface area (Å²) in [5.74, 6) is 0.765. The molecule has 0 saturated carbocycles. The van der Waals surface area contributed by atoms with Crippen molar-refractivity contribution in [3.05, 3.63) is 22.4 Å². The largest absolute Gasteiger partial charge is 0.333 e. The van der Waals surface area contributed by atoms with Crippen molar-refractivity contribution in [2.45, 2.75) is 26.3 Å². The van der Waals surface area contributed by atoms with E-state index in [1.54, 1.807) is 11.3 Å². The molecule has 0 aliphatic carbocycles. The van der Waals surface area contributed by atoms with Crippen LogP contribution >= 0.6 is 11.3 Å². The summed E-state index contributed by atoms with van der Waals surface area (Å²) in [6.45, 7) is 4.71. The topological polar surface area (TPSA) is 32.3 Å². The lowest BCUT2D eigenvalue weighted by atomic mass is 10.00. The Labute approximate surface area is 100 Å². The van der Waals surface area contributed by atoms with E-state index < -0.39 is 0 Å². The zero-order valence-corrected chi connectivity index (χ0v) is 10.4. The van der Waals surface area contributed by atoms with Gasteiger partial charge < -0.3 is 10.2 Å². The van der Waals surface area contributed by atoms with E-state index in [1.807, 2.05) is 22.4 Å². The molecule has 16 heavy (non-hydrogen) atoms. The Bertz CT molecular complexity index is 329. The highest BCUT2D eigenvalue weighted by molar-refractivity contribution is 7.09. The van der Waals surface area contributed by atoms with E-state index >= 15 is 0 Å². The van der Waals surface area contributed by atoms with Crippen LogP contribution in [-0.2, 0) is 6.54 Å². The number of carbonyl (C=O) groups excluding carboxylic acids is 1. The van der Waals surface area contributed by atoms with Crippen molar-refractivity contribution in [3.8, 4) is 0 Å². The van der Waals surface area contributed by atoms with Gasteiger partial charge in [-0.25, -0.2) is 4.79 Å². The van der Waals surface area contributed by atoms with Crippen LogP contribution in [0.4, 0.5) is 4.79 Å². The molecule has 2 heterocycles. The monoisotopic (exact) mass is 238 g/mol. The zero-order chi connectivity index (χ0) is 11.4. The number of piperidine rings is 1. The summed E-state index contributed by atoms with van der Waals surface area (Å²) in [6.07, 6.45) is 2.26. The normalized spacial score (nSPS) is 17.4. The van der Waals surface area contributed by atoms with Gasteiger partial charge in [0.25, 0.3) is 0 Å². The minimum atomic E-state index is 0.0836. The van der Waals surface area contributed by atoms with E-state index in [0.717, 1.165) is 31.8 Å². The lowest BCUT2D eigenvalue weighted by molar-refractivity contribution is 0.173. The third kappa shape index (κ3) is 2.98. The molecule has 0 atom stereocenters. The number of urea groups is 1. The summed E-state index contributed by atoms with van der Waals surface area (Å²) in [5, 5.41) is 5.00. The fourth-order valence-electron chi connectivity index (χ4n) is 1.90. The van der Waals surface area contributed by atoms with Gasteiger partial charge in [0.05, 0.1) is 6.54 Å². The molecule has 1 fully saturated rings. The first-order valence-electron chi connectivity index (χ1n) is 5.81. The van der Waals surface area contributed by atoms with Gasteiger partial charge in [0.2, 0.25) is 0 Å². The van der Waals surface area contributed by atoms with Gasteiger partial charge in [-0.05, 0) is 30.2 Å². The molecule has 88 valence electrons. The third-order valence-electron chi connectivity index (χ3n) is 3.06. The molecule has 2 rings (SSSR count). The van der Waals surface area contributed by atoms with Crippen LogP contribution in [0.15, 0.2) is 17.5 Å². The molecule has 0 bridgehead atoms. The number of carbonyl (C=O) groups is 1. The number of rotatable bonds is 2. The number of hydrogen-bond donors (Lipinski definition) is 1. The van der Waals surface area contributed by atoms with Crippen LogP contribution in [0.2, 0.25) is 0 Å². The molecule has 4 heteroatoms. The van der Waals surface area contributed by atoms with Gasteiger partial charge in [-0.15, -0.1) is 11.3 Å². The molecule has 1 aliphatic heterocycles. The van der Waals surface area contributed by atoms with E-state index in [0.29, 0.717) is 6.54 Å². The standard InChI is InChI=1S/C12H18N2OS/c1-10-4-6-14(7-5-10)12(15)13-9-11-3-2-8-16-11/h2-3,8,10H,4-7,9H2,1H3,(H,13,15). The second-order valence-corrected chi connectivity index (χ2v) is 5.44. The fourth-order valence-corrected chi connectivity index (χ4v) is 2.54. The van der Waals surface area contributed by atoms with Crippen molar-refractivity contribution >= 4 is 17.4 Å². The summed E-state index contributed by atoms with van der Waals surface area (Å²) in [7, 11) is 0. The SMILES string of the molecule is CC1CCN(C(=O)NCc2cccs2)CC1. The molecule has 0 spiro atoms. The molecule has 0 radical (unpaired) electrons.